The zero-order valence-electron chi connectivity index (χ0n) is 13.3. The average molecular weight is 364 g/mol. The molecule has 1 amide bonds. The maximum atomic E-state index is 12.5. The third-order valence-corrected chi connectivity index (χ3v) is 4.49. The number of nitrogens with one attached hydrogen (secondary N) is 1. The van der Waals surface area contributed by atoms with Crippen molar-refractivity contribution in [3.05, 3.63) is 52.1 Å². The van der Waals surface area contributed by atoms with E-state index >= 15 is 0 Å². The van der Waals surface area contributed by atoms with E-state index < -0.39 is 0 Å². The number of nitrogens with zero attached hydrogens (tertiary/aromatic N) is 2. The highest BCUT2D eigenvalue weighted by Gasteiger charge is 2.14. The van der Waals surface area contributed by atoms with E-state index in [1.807, 2.05) is 6.07 Å². The molecule has 0 unspecified atom stereocenters. The Hall–Kier alpha value is -1.78. The van der Waals surface area contributed by atoms with Gasteiger partial charge in [-0.1, -0.05) is 36.0 Å². The maximum absolute atomic E-state index is 12.5. The van der Waals surface area contributed by atoms with E-state index in [0.29, 0.717) is 21.3 Å². The van der Waals surface area contributed by atoms with Gasteiger partial charge in [0, 0.05) is 40.6 Å². The van der Waals surface area contributed by atoms with E-state index in [1.165, 1.54) is 25.7 Å². The van der Waals surface area contributed by atoms with Gasteiger partial charge in [0.25, 0.3) is 5.91 Å². The van der Waals surface area contributed by atoms with Gasteiger partial charge in [-0.05, 0) is 43.2 Å². The summed E-state index contributed by atoms with van der Waals surface area (Å²) in [5.41, 5.74) is 1.14. The van der Waals surface area contributed by atoms with Gasteiger partial charge in [-0.3, -0.25) is 4.79 Å². The molecule has 0 saturated carbocycles. The summed E-state index contributed by atoms with van der Waals surface area (Å²) in [6, 6.07) is 8.52. The van der Waals surface area contributed by atoms with Crippen LogP contribution in [0, 0.1) is 0 Å². The van der Waals surface area contributed by atoms with Gasteiger partial charge in [0.15, 0.2) is 0 Å². The minimum atomic E-state index is -0.202. The summed E-state index contributed by atoms with van der Waals surface area (Å²) in [5.74, 6) is 0.653. The van der Waals surface area contributed by atoms with Crippen molar-refractivity contribution in [2.45, 2.75) is 25.7 Å². The number of aromatic nitrogens is 1. The summed E-state index contributed by atoms with van der Waals surface area (Å²) >= 11 is 11.9. The highest BCUT2D eigenvalue weighted by molar-refractivity contribution is 6.35. The molecular weight excluding hydrogens is 345 g/mol. The minimum Gasteiger partial charge on any atom is -0.357 e. The number of carbonyl (C=O) groups is 1. The zero-order valence-corrected chi connectivity index (χ0v) is 14.8. The lowest BCUT2D eigenvalue weighted by Crippen LogP contribution is -2.25. The molecule has 1 aliphatic heterocycles. The van der Waals surface area contributed by atoms with Crippen LogP contribution in [0.4, 0.5) is 11.5 Å². The van der Waals surface area contributed by atoms with Gasteiger partial charge < -0.3 is 10.2 Å². The summed E-state index contributed by atoms with van der Waals surface area (Å²) in [4.78, 5) is 19.2. The summed E-state index contributed by atoms with van der Waals surface area (Å²) in [5, 5.41) is 3.80. The second kappa shape index (κ2) is 7.86. The third-order valence-electron chi connectivity index (χ3n) is 4.06. The Morgan fingerprint density at radius 2 is 1.67 bits per heavy atom. The lowest BCUT2D eigenvalue weighted by Gasteiger charge is -2.21. The van der Waals surface area contributed by atoms with E-state index in [2.05, 4.69) is 15.2 Å². The Kier molecular flexibility index (Phi) is 5.59. The van der Waals surface area contributed by atoms with Crippen molar-refractivity contribution in [2.24, 2.45) is 0 Å². The lowest BCUT2D eigenvalue weighted by atomic mass is 10.2. The highest BCUT2D eigenvalue weighted by atomic mass is 35.5. The number of carbonyl (C=O) groups excluding carboxylic acids is 1. The van der Waals surface area contributed by atoms with Gasteiger partial charge >= 0.3 is 0 Å². The molecule has 1 fully saturated rings. The van der Waals surface area contributed by atoms with Gasteiger partial charge in [-0.25, -0.2) is 4.98 Å². The Balaban J connectivity index is 1.76. The summed E-state index contributed by atoms with van der Waals surface area (Å²) in [6.07, 6.45) is 6.52. The van der Waals surface area contributed by atoms with Crippen molar-refractivity contribution in [1.29, 1.82) is 0 Å². The molecule has 1 aromatic heterocycles. The number of anilines is 2. The van der Waals surface area contributed by atoms with Crippen LogP contribution in [0.25, 0.3) is 0 Å². The molecule has 1 aromatic carbocycles. The normalized spacial score (nSPS) is 15.0. The number of hydrogen-bond donors (Lipinski definition) is 1. The Bertz CT molecular complexity index is 708. The van der Waals surface area contributed by atoms with Crippen LogP contribution < -0.4 is 10.2 Å². The smallest absolute Gasteiger partial charge is 0.255 e. The predicted octanol–water partition coefficient (Wildman–Crippen LogP) is 5.02. The van der Waals surface area contributed by atoms with Crippen molar-refractivity contribution in [1.82, 2.24) is 4.98 Å². The summed E-state index contributed by atoms with van der Waals surface area (Å²) in [7, 11) is 0. The minimum absolute atomic E-state index is 0.202. The molecule has 0 aliphatic carbocycles. The Labute approximate surface area is 151 Å². The molecular formula is C18H19Cl2N3O. The van der Waals surface area contributed by atoms with E-state index in [1.54, 1.807) is 30.5 Å². The molecule has 2 aromatic rings. The molecule has 0 atom stereocenters. The molecule has 0 spiro atoms. The van der Waals surface area contributed by atoms with Gasteiger partial charge in [0.2, 0.25) is 0 Å². The van der Waals surface area contributed by atoms with Crippen LogP contribution in [-0.4, -0.2) is 24.0 Å². The van der Waals surface area contributed by atoms with Crippen LogP contribution in [0.1, 0.15) is 36.0 Å². The summed E-state index contributed by atoms with van der Waals surface area (Å²) < 4.78 is 0. The number of rotatable bonds is 3. The van der Waals surface area contributed by atoms with Gasteiger partial charge in [0.1, 0.15) is 5.82 Å². The van der Waals surface area contributed by atoms with Crippen LogP contribution in [-0.2, 0) is 0 Å². The van der Waals surface area contributed by atoms with Crippen LogP contribution >= 0.6 is 23.2 Å². The largest absolute Gasteiger partial charge is 0.357 e. The van der Waals surface area contributed by atoms with Gasteiger partial charge in [-0.15, -0.1) is 0 Å². The zero-order chi connectivity index (χ0) is 16.9. The van der Waals surface area contributed by atoms with Crippen LogP contribution in [0.3, 0.4) is 0 Å². The molecule has 1 aliphatic rings. The number of hydrogen-bond acceptors (Lipinski definition) is 3. The molecule has 1 N–H and O–H groups in total. The molecule has 2 heterocycles. The van der Waals surface area contributed by atoms with Crippen molar-refractivity contribution in [3.8, 4) is 0 Å². The topological polar surface area (TPSA) is 45.2 Å². The van der Waals surface area contributed by atoms with E-state index in [4.69, 9.17) is 23.2 Å². The van der Waals surface area contributed by atoms with Crippen LogP contribution in [0.2, 0.25) is 10.0 Å². The van der Waals surface area contributed by atoms with E-state index in [-0.39, 0.29) is 5.91 Å². The Morgan fingerprint density at radius 3 is 2.33 bits per heavy atom. The number of amides is 1. The quantitative estimate of drug-likeness (QED) is 0.832. The molecule has 126 valence electrons. The molecule has 0 bridgehead atoms. The highest BCUT2D eigenvalue weighted by Crippen LogP contribution is 2.23. The third kappa shape index (κ3) is 4.40. The molecule has 6 heteroatoms. The molecule has 4 nitrogen and oxygen atoms in total. The molecule has 0 radical (unpaired) electrons. The number of benzene rings is 1. The van der Waals surface area contributed by atoms with E-state index in [9.17, 15) is 4.79 Å². The first-order valence-electron chi connectivity index (χ1n) is 8.10. The van der Waals surface area contributed by atoms with Crippen LogP contribution in [0.5, 0.6) is 0 Å². The molecule has 24 heavy (non-hydrogen) atoms. The standard InChI is InChI=1S/C18H19Cl2N3O/c19-14-10-15(20)12-16(11-14)22-18(24)13-5-6-21-17(9-13)23-7-3-1-2-4-8-23/h5-6,9-12H,1-4,7-8H2,(H,22,24). The summed E-state index contributed by atoms with van der Waals surface area (Å²) in [6.45, 7) is 1.98. The second-order valence-electron chi connectivity index (χ2n) is 5.92. The van der Waals surface area contributed by atoms with Crippen LogP contribution in [0.15, 0.2) is 36.5 Å². The van der Waals surface area contributed by atoms with Crippen molar-refractivity contribution >= 4 is 40.6 Å². The second-order valence-corrected chi connectivity index (χ2v) is 6.79. The van der Waals surface area contributed by atoms with E-state index in [0.717, 1.165) is 18.9 Å². The lowest BCUT2D eigenvalue weighted by molar-refractivity contribution is 0.102. The first-order valence-corrected chi connectivity index (χ1v) is 8.86. The fraction of sp³-hybridized carbons (Fsp3) is 0.333. The fourth-order valence-corrected chi connectivity index (χ4v) is 3.39. The monoisotopic (exact) mass is 363 g/mol. The molecule has 3 rings (SSSR count). The number of halogens is 2. The fourth-order valence-electron chi connectivity index (χ4n) is 2.86. The Morgan fingerprint density at radius 1 is 1.00 bits per heavy atom. The first kappa shape index (κ1) is 17.1. The van der Waals surface area contributed by atoms with Crippen molar-refractivity contribution in [2.75, 3.05) is 23.3 Å². The number of pyridine rings is 1. The maximum Gasteiger partial charge on any atom is 0.255 e. The predicted molar refractivity (Wildman–Crippen MR) is 99.3 cm³/mol. The van der Waals surface area contributed by atoms with Crippen molar-refractivity contribution in [3.63, 3.8) is 0 Å². The molecule has 1 saturated heterocycles. The van der Waals surface area contributed by atoms with Gasteiger partial charge in [-0.2, -0.15) is 0 Å². The first-order chi connectivity index (χ1) is 11.6. The average Bonchev–Trinajstić information content (AvgIpc) is 2.83. The van der Waals surface area contributed by atoms with Crippen molar-refractivity contribution < 1.29 is 4.79 Å². The van der Waals surface area contributed by atoms with Gasteiger partial charge in [0.05, 0.1) is 0 Å². The SMILES string of the molecule is O=C(Nc1cc(Cl)cc(Cl)c1)c1ccnc(N2CCCCCC2)c1.